The molecule has 5 heteroatoms. The van der Waals surface area contributed by atoms with Gasteiger partial charge in [0.25, 0.3) is 5.91 Å². The first-order valence-electron chi connectivity index (χ1n) is 5.02. The Hall–Kier alpha value is -1.49. The van der Waals surface area contributed by atoms with Crippen molar-refractivity contribution < 1.29 is 4.79 Å². The van der Waals surface area contributed by atoms with Crippen LogP contribution in [0.2, 0.25) is 0 Å². The summed E-state index contributed by atoms with van der Waals surface area (Å²) in [6.45, 7) is 3.70. The molecule has 1 amide bonds. The highest BCUT2D eigenvalue weighted by Gasteiger charge is 2.20. The third kappa shape index (κ3) is 1.97. The largest absolute Gasteiger partial charge is 0.365 e. The maximum absolute atomic E-state index is 11.0. The predicted molar refractivity (Wildman–Crippen MR) is 55.5 cm³/mol. The zero-order valence-electron chi connectivity index (χ0n) is 8.66. The number of nitrogens with zero attached hydrogens (tertiary/aromatic N) is 2. The quantitative estimate of drug-likeness (QED) is 0.711. The van der Waals surface area contributed by atoms with Crippen molar-refractivity contribution in [2.75, 3.05) is 13.1 Å². The van der Waals surface area contributed by atoms with Gasteiger partial charge in [-0.1, -0.05) is 0 Å². The third-order valence-electron chi connectivity index (χ3n) is 2.69. The zero-order valence-corrected chi connectivity index (χ0v) is 8.66. The molecule has 1 aliphatic heterocycles. The molecule has 0 bridgehead atoms. The molecule has 0 aliphatic carbocycles. The molecular formula is C10H14N4O. The van der Waals surface area contributed by atoms with Crippen LogP contribution in [0.1, 0.15) is 34.2 Å². The Labute approximate surface area is 88.1 Å². The summed E-state index contributed by atoms with van der Waals surface area (Å²) < 4.78 is 0. The zero-order chi connectivity index (χ0) is 10.8. The number of rotatable bonds is 2. The van der Waals surface area contributed by atoms with Crippen LogP contribution in [0.3, 0.4) is 0 Å². The van der Waals surface area contributed by atoms with Crippen LogP contribution in [0, 0.1) is 6.92 Å². The fourth-order valence-electron chi connectivity index (χ4n) is 1.80. The Kier molecular flexibility index (Phi) is 2.64. The molecule has 0 radical (unpaired) electrons. The summed E-state index contributed by atoms with van der Waals surface area (Å²) in [6, 6.07) is 0. The number of carbonyl (C=O) groups is 1. The summed E-state index contributed by atoms with van der Waals surface area (Å²) in [7, 11) is 0. The molecule has 15 heavy (non-hydrogen) atoms. The number of hydrogen-bond acceptors (Lipinski definition) is 4. The van der Waals surface area contributed by atoms with Crippen molar-refractivity contribution in [2.45, 2.75) is 19.3 Å². The predicted octanol–water partition coefficient (Wildman–Crippen LogP) is -0.0392. The van der Waals surface area contributed by atoms with E-state index in [4.69, 9.17) is 5.73 Å². The van der Waals surface area contributed by atoms with Crippen molar-refractivity contribution in [1.29, 1.82) is 0 Å². The van der Waals surface area contributed by atoms with Crippen molar-refractivity contribution in [3.63, 3.8) is 0 Å². The van der Waals surface area contributed by atoms with Crippen LogP contribution in [0.4, 0.5) is 0 Å². The first-order valence-corrected chi connectivity index (χ1v) is 5.02. The van der Waals surface area contributed by atoms with Gasteiger partial charge in [0.05, 0.1) is 11.3 Å². The number of nitrogens with two attached hydrogens (primary N) is 1. The van der Waals surface area contributed by atoms with Gasteiger partial charge in [-0.3, -0.25) is 4.79 Å². The van der Waals surface area contributed by atoms with Crippen molar-refractivity contribution >= 4 is 5.91 Å². The minimum absolute atomic E-state index is 0.366. The van der Waals surface area contributed by atoms with Crippen LogP contribution in [0.5, 0.6) is 0 Å². The van der Waals surface area contributed by atoms with Crippen LogP contribution < -0.4 is 11.1 Å². The lowest BCUT2D eigenvalue weighted by Crippen LogP contribution is -2.16. The molecule has 0 unspecified atom stereocenters. The molecule has 1 aromatic heterocycles. The summed E-state index contributed by atoms with van der Waals surface area (Å²) in [5, 5.41) is 3.26. The van der Waals surface area contributed by atoms with E-state index in [9.17, 15) is 4.79 Å². The molecule has 80 valence electrons. The topological polar surface area (TPSA) is 80.9 Å². The number of aryl methyl sites for hydroxylation is 1. The molecule has 2 heterocycles. The molecule has 3 N–H and O–H groups in total. The van der Waals surface area contributed by atoms with Gasteiger partial charge in [0, 0.05) is 18.7 Å². The lowest BCUT2D eigenvalue weighted by atomic mass is 10.1. The Morgan fingerprint density at radius 1 is 1.67 bits per heavy atom. The minimum Gasteiger partial charge on any atom is -0.365 e. The lowest BCUT2D eigenvalue weighted by molar-refractivity contribution is 0.0999. The van der Waals surface area contributed by atoms with Gasteiger partial charge in [0.1, 0.15) is 5.82 Å². The first kappa shape index (κ1) is 10.0. The van der Waals surface area contributed by atoms with E-state index in [1.165, 1.54) is 6.20 Å². The van der Waals surface area contributed by atoms with Crippen molar-refractivity contribution in [3.05, 3.63) is 23.3 Å². The van der Waals surface area contributed by atoms with Crippen molar-refractivity contribution in [1.82, 2.24) is 15.3 Å². The molecule has 5 nitrogen and oxygen atoms in total. The van der Waals surface area contributed by atoms with E-state index in [2.05, 4.69) is 15.3 Å². The second kappa shape index (κ2) is 3.94. The fourth-order valence-corrected chi connectivity index (χ4v) is 1.80. The Morgan fingerprint density at radius 3 is 3.00 bits per heavy atom. The number of primary amides is 1. The third-order valence-corrected chi connectivity index (χ3v) is 2.69. The summed E-state index contributed by atoms with van der Waals surface area (Å²) in [5.41, 5.74) is 6.26. The summed E-state index contributed by atoms with van der Waals surface area (Å²) in [5.74, 6) is 0.705. The molecule has 1 aromatic rings. The SMILES string of the molecule is Cc1nc([C@@H]2CCNC2)ncc1C(N)=O. The van der Waals surface area contributed by atoms with Gasteiger partial charge < -0.3 is 11.1 Å². The maximum Gasteiger partial charge on any atom is 0.252 e. The van der Waals surface area contributed by atoms with E-state index in [0.717, 1.165) is 25.3 Å². The van der Waals surface area contributed by atoms with Gasteiger partial charge in [-0.25, -0.2) is 9.97 Å². The van der Waals surface area contributed by atoms with E-state index < -0.39 is 5.91 Å². The van der Waals surface area contributed by atoms with Gasteiger partial charge in [-0.2, -0.15) is 0 Å². The second-order valence-corrected chi connectivity index (χ2v) is 3.78. The Bertz CT molecular complexity index is 385. The molecule has 1 aliphatic rings. The van der Waals surface area contributed by atoms with Gasteiger partial charge in [0.2, 0.25) is 0 Å². The highest BCUT2D eigenvalue weighted by atomic mass is 16.1. The number of hydrogen-bond donors (Lipinski definition) is 2. The van der Waals surface area contributed by atoms with E-state index >= 15 is 0 Å². The monoisotopic (exact) mass is 206 g/mol. The molecule has 2 rings (SSSR count). The molecular weight excluding hydrogens is 192 g/mol. The normalized spacial score (nSPS) is 20.5. The van der Waals surface area contributed by atoms with Crippen LogP contribution in [-0.4, -0.2) is 29.0 Å². The maximum atomic E-state index is 11.0. The van der Waals surface area contributed by atoms with Crippen LogP contribution in [-0.2, 0) is 0 Å². The summed E-state index contributed by atoms with van der Waals surface area (Å²) in [6.07, 6.45) is 2.58. The molecule has 0 saturated carbocycles. The van der Waals surface area contributed by atoms with E-state index in [1.807, 2.05) is 0 Å². The van der Waals surface area contributed by atoms with Gasteiger partial charge >= 0.3 is 0 Å². The molecule has 0 aromatic carbocycles. The number of aromatic nitrogens is 2. The number of nitrogens with one attached hydrogen (secondary N) is 1. The van der Waals surface area contributed by atoms with Gasteiger partial charge in [0.15, 0.2) is 0 Å². The van der Waals surface area contributed by atoms with Gasteiger partial charge in [-0.15, -0.1) is 0 Å². The smallest absolute Gasteiger partial charge is 0.252 e. The minimum atomic E-state index is -0.469. The average molecular weight is 206 g/mol. The molecule has 0 spiro atoms. The molecule has 1 fully saturated rings. The number of carbonyl (C=O) groups excluding carboxylic acids is 1. The first-order chi connectivity index (χ1) is 7.18. The standard InChI is InChI=1S/C10H14N4O/c1-6-8(9(11)15)5-13-10(14-6)7-2-3-12-4-7/h5,7,12H,2-4H2,1H3,(H2,11,15)/t7-/m1/s1. The van der Waals surface area contributed by atoms with Crippen LogP contribution in [0.25, 0.3) is 0 Å². The van der Waals surface area contributed by atoms with Gasteiger partial charge in [-0.05, 0) is 19.9 Å². The van der Waals surface area contributed by atoms with Crippen LogP contribution in [0.15, 0.2) is 6.20 Å². The Balaban J connectivity index is 2.28. The average Bonchev–Trinajstić information content (AvgIpc) is 2.69. The Morgan fingerprint density at radius 2 is 2.47 bits per heavy atom. The molecule has 1 saturated heterocycles. The fraction of sp³-hybridized carbons (Fsp3) is 0.500. The van der Waals surface area contributed by atoms with Crippen LogP contribution >= 0.6 is 0 Å². The molecule has 1 atom stereocenters. The van der Waals surface area contributed by atoms with E-state index in [-0.39, 0.29) is 0 Å². The van der Waals surface area contributed by atoms with E-state index in [1.54, 1.807) is 6.92 Å². The van der Waals surface area contributed by atoms with Crippen molar-refractivity contribution in [3.8, 4) is 0 Å². The van der Waals surface area contributed by atoms with Crippen molar-refractivity contribution in [2.24, 2.45) is 5.73 Å². The lowest BCUT2D eigenvalue weighted by Gasteiger charge is -2.08. The highest BCUT2D eigenvalue weighted by Crippen LogP contribution is 2.19. The highest BCUT2D eigenvalue weighted by molar-refractivity contribution is 5.93. The van der Waals surface area contributed by atoms with E-state index in [0.29, 0.717) is 17.2 Å². The second-order valence-electron chi connectivity index (χ2n) is 3.78. The number of amides is 1. The summed E-state index contributed by atoms with van der Waals surface area (Å²) >= 11 is 0. The summed E-state index contributed by atoms with van der Waals surface area (Å²) in [4.78, 5) is 19.5.